The number of aromatic nitrogens is 3. The number of benzene rings is 2. The first kappa shape index (κ1) is 28.6. The molecule has 2 aromatic carbocycles. The minimum Gasteiger partial charge on any atom is -0.494 e. The first-order chi connectivity index (χ1) is 20.2. The van der Waals surface area contributed by atoms with E-state index in [1.165, 1.54) is 24.4 Å². The summed E-state index contributed by atoms with van der Waals surface area (Å²) >= 11 is 0. The van der Waals surface area contributed by atoms with Crippen molar-refractivity contribution < 1.29 is 13.9 Å². The molecule has 216 valence electrons. The molecule has 5 rings (SSSR count). The number of halogens is 1. The first-order valence-electron chi connectivity index (χ1n) is 13.6. The Bertz CT molecular complexity index is 1700. The van der Waals surface area contributed by atoms with Crippen LogP contribution in [0.4, 0.5) is 27.4 Å². The quantitative estimate of drug-likeness (QED) is 0.234. The van der Waals surface area contributed by atoms with Crippen LogP contribution in [0.2, 0.25) is 0 Å². The van der Waals surface area contributed by atoms with Crippen LogP contribution >= 0.6 is 0 Å². The zero-order valence-electron chi connectivity index (χ0n) is 24.1. The lowest BCUT2D eigenvalue weighted by Gasteiger charge is -2.26. The molecule has 1 aliphatic rings. The fraction of sp³-hybridized carbons (Fsp3) is 0.290. The van der Waals surface area contributed by atoms with Gasteiger partial charge < -0.3 is 29.7 Å². The van der Waals surface area contributed by atoms with Gasteiger partial charge in [-0.15, -0.1) is 0 Å². The van der Waals surface area contributed by atoms with Crippen LogP contribution < -0.4 is 20.3 Å². The van der Waals surface area contributed by atoms with Crippen molar-refractivity contribution in [1.29, 1.82) is 5.26 Å². The number of nitriles is 1. The van der Waals surface area contributed by atoms with Gasteiger partial charge >= 0.3 is 0 Å². The van der Waals surface area contributed by atoms with E-state index in [2.05, 4.69) is 37.7 Å². The fourth-order valence-corrected chi connectivity index (χ4v) is 4.82. The molecule has 2 N–H and O–H groups in total. The van der Waals surface area contributed by atoms with Crippen molar-refractivity contribution >= 4 is 39.8 Å². The van der Waals surface area contributed by atoms with Crippen molar-refractivity contribution in [2.24, 2.45) is 0 Å². The maximum absolute atomic E-state index is 14.2. The van der Waals surface area contributed by atoms with Gasteiger partial charge in [0.2, 0.25) is 11.9 Å². The van der Waals surface area contributed by atoms with Gasteiger partial charge in [0.05, 0.1) is 47.1 Å². The van der Waals surface area contributed by atoms with Crippen molar-refractivity contribution in [2.45, 2.75) is 18.9 Å². The Kier molecular flexibility index (Phi) is 8.08. The molecule has 4 aromatic rings. The van der Waals surface area contributed by atoms with Gasteiger partial charge in [0.1, 0.15) is 17.6 Å². The minimum absolute atomic E-state index is 0.228. The predicted molar refractivity (Wildman–Crippen MR) is 163 cm³/mol. The molecule has 0 saturated heterocycles. The van der Waals surface area contributed by atoms with Crippen molar-refractivity contribution in [2.75, 3.05) is 56.9 Å². The van der Waals surface area contributed by atoms with Crippen LogP contribution in [0, 0.1) is 17.1 Å². The molecule has 0 radical (unpaired) electrons. The molecule has 0 aliphatic heterocycles. The molecule has 0 atom stereocenters. The molecule has 42 heavy (non-hydrogen) atoms. The van der Waals surface area contributed by atoms with E-state index in [1.807, 2.05) is 38.3 Å². The number of hydrogen-bond acceptors (Lipinski definition) is 8. The summed E-state index contributed by atoms with van der Waals surface area (Å²) in [6.07, 6.45) is 6.65. The average molecular weight is 569 g/mol. The topological polar surface area (TPSA) is 111 Å². The summed E-state index contributed by atoms with van der Waals surface area (Å²) in [6, 6.07) is 10.7. The number of carbonyl (C=O) groups excluding carboxylic acids is 1. The van der Waals surface area contributed by atoms with Gasteiger partial charge in [-0.25, -0.2) is 14.4 Å². The van der Waals surface area contributed by atoms with Crippen molar-refractivity contribution in [3.8, 4) is 23.1 Å². The highest BCUT2D eigenvalue weighted by molar-refractivity contribution is 6.02. The van der Waals surface area contributed by atoms with Gasteiger partial charge in [0.15, 0.2) is 0 Å². The smallest absolute Gasteiger partial charge is 0.247 e. The molecule has 0 spiro atoms. The molecular formula is C31H33FN8O2. The van der Waals surface area contributed by atoms with E-state index in [0.717, 1.165) is 41.5 Å². The molecule has 2 heterocycles. The van der Waals surface area contributed by atoms with E-state index in [-0.39, 0.29) is 17.7 Å². The van der Waals surface area contributed by atoms with E-state index >= 15 is 0 Å². The Morgan fingerprint density at radius 3 is 2.69 bits per heavy atom. The highest BCUT2D eigenvalue weighted by atomic mass is 19.1. The van der Waals surface area contributed by atoms with Crippen LogP contribution in [0.5, 0.6) is 5.75 Å². The van der Waals surface area contributed by atoms with Gasteiger partial charge in [-0.05, 0) is 57.3 Å². The van der Waals surface area contributed by atoms with Gasteiger partial charge in [0, 0.05) is 49.4 Å². The number of nitrogens with zero attached hydrogens (tertiary/aromatic N) is 6. The maximum Gasteiger partial charge on any atom is 0.247 e. The number of hydrogen-bond donors (Lipinski definition) is 2. The standard InChI is InChI=1S/C31H33FN8O2/c1-6-29(41)35-24-14-25(28(42-5)15-27(24)39(4)12-11-38(2)3)36-31-34-17-19(16-33)30(37-31)23-18-40(21-8-9-21)26-13-20(32)7-10-22(23)26/h6-7,10,13-15,17-18,21H,1,8-9,11-12H2,2-5H3,(H,35,41)(H,34,36,37). The Morgan fingerprint density at radius 1 is 1.24 bits per heavy atom. The number of fused-ring (bicyclic) bond motifs is 1. The van der Waals surface area contributed by atoms with E-state index in [4.69, 9.17) is 9.72 Å². The lowest BCUT2D eigenvalue weighted by Crippen LogP contribution is -2.29. The average Bonchev–Trinajstić information content (AvgIpc) is 3.76. The largest absolute Gasteiger partial charge is 0.494 e. The highest BCUT2D eigenvalue weighted by Gasteiger charge is 2.27. The van der Waals surface area contributed by atoms with Crippen molar-refractivity contribution in [3.63, 3.8) is 0 Å². The zero-order chi connectivity index (χ0) is 30.0. The SMILES string of the molecule is C=CC(=O)Nc1cc(Nc2ncc(C#N)c(-c3cn(C4CC4)c4cc(F)ccc34)n2)c(OC)cc1N(C)CCN(C)C. The number of amides is 1. The Labute approximate surface area is 244 Å². The van der Waals surface area contributed by atoms with E-state index in [0.29, 0.717) is 41.0 Å². The third-order valence-corrected chi connectivity index (χ3v) is 7.20. The molecule has 1 aliphatic carbocycles. The molecule has 0 unspecified atom stereocenters. The Morgan fingerprint density at radius 2 is 2.02 bits per heavy atom. The van der Waals surface area contributed by atoms with Crippen LogP contribution in [0.1, 0.15) is 24.4 Å². The monoisotopic (exact) mass is 568 g/mol. The summed E-state index contributed by atoms with van der Waals surface area (Å²) in [5.41, 5.74) is 4.04. The molecule has 2 aromatic heterocycles. The molecular weight excluding hydrogens is 535 g/mol. The third-order valence-electron chi connectivity index (χ3n) is 7.20. The third kappa shape index (κ3) is 5.89. The lowest BCUT2D eigenvalue weighted by molar-refractivity contribution is -0.111. The second kappa shape index (κ2) is 11.9. The summed E-state index contributed by atoms with van der Waals surface area (Å²) in [7, 11) is 7.49. The second-order valence-corrected chi connectivity index (χ2v) is 10.5. The van der Waals surface area contributed by atoms with Crippen LogP contribution in [0.3, 0.4) is 0 Å². The Hall–Kier alpha value is -4.95. The molecule has 1 amide bonds. The summed E-state index contributed by atoms with van der Waals surface area (Å²) in [6.45, 7) is 5.08. The van der Waals surface area contributed by atoms with Crippen LogP contribution in [-0.2, 0) is 4.79 Å². The highest BCUT2D eigenvalue weighted by Crippen LogP contribution is 2.42. The fourth-order valence-electron chi connectivity index (χ4n) is 4.82. The predicted octanol–water partition coefficient (Wildman–Crippen LogP) is 5.32. The number of rotatable bonds is 11. The summed E-state index contributed by atoms with van der Waals surface area (Å²) < 4.78 is 21.9. The van der Waals surface area contributed by atoms with Gasteiger partial charge in [0.25, 0.3) is 0 Å². The van der Waals surface area contributed by atoms with Crippen LogP contribution in [-0.4, -0.2) is 66.7 Å². The number of nitrogens with one attached hydrogen (secondary N) is 2. The van der Waals surface area contributed by atoms with Crippen LogP contribution in [0.25, 0.3) is 22.2 Å². The maximum atomic E-state index is 14.2. The molecule has 0 bridgehead atoms. The summed E-state index contributed by atoms with van der Waals surface area (Å²) in [5.74, 6) is 0.0655. The number of methoxy groups -OCH3 is 1. The zero-order valence-corrected chi connectivity index (χ0v) is 24.1. The Balaban J connectivity index is 1.56. The normalized spacial score (nSPS) is 12.7. The van der Waals surface area contributed by atoms with E-state index in [1.54, 1.807) is 19.2 Å². The van der Waals surface area contributed by atoms with E-state index < -0.39 is 0 Å². The number of ether oxygens (including phenoxy) is 1. The van der Waals surface area contributed by atoms with Crippen molar-refractivity contribution in [1.82, 2.24) is 19.4 Å². The van der Waals surface area contributed by atoms with Crippen molar-refractivity contribution in [3.05, 3.63) is 66.8 Å². The first-order valence-corrected chi connectivity index (χ1v) is 13.6. The lowest BCUT2D eigenvalue weighted by atomic mass is 10.1. The molecule has 10 nitrogen and oxygen atoms in total. The number of likely N-dealkylation sites (N-methyl/N-ethyl adjacent to an activating group) is 2. The molecule has 1 fully saturated rings. The number of anilines is 4. The van der Waals surface area contributed by atoms with E-state index in [9.17, 15) is 14.4 Å². The summed E-state index contributed by atoms with van der Waals surface area (Å²) in [4.78, 5) is 25.5. The van der Waals surface area contributed by atoms with Crippen LogP contribution in [0.15, 0.2) is 55.4 Å². The second-order valence-electron chi connectivity index (χ2n) is 10.5. The van der Waals surface area contributed by atoms with Gasteiger partial charge in [-0.2, -0.15) is 5.26 Å². The molecule has 1 saturated carbocycles. The van der Waals surface area contributed by atoms with Gasteiger partial charge in [-0.3, -0.25) is 4.79 Å². The number of carbonyl (C=O) groups is 1. The molecule has 11 heteroatoms. The van der Waals surface area contributed by atoms with Gasteiger partial charge in [-0.1, -0.05) is 6.58 Å². The minimum atomic E-state index is -0.353. The summed E-state index contributed by atoms with van der Waals surface area (Å²) in [5, 5.41) is 16.8.